The third kappa shape index (κ3) is 5.25. The number of aromatic nitrogens is 4. The van der Waals surface area contributed by atoms with Crippen LogP contribution in [0.15, 0.2) is 170 Å². The molecule has 9 rings (SSSR count). The molecule has 2 aromatic heterocycles. The first-order valence-corrected chi connectivity index (χ1v) is 16.1. The molecular weight excluding hydrogens is 585 g/mol. The highest BCUT2D eigenvalue weighted by Crippen LogP contribution is 2.27. The minimum absolute atomic E-state index is 0.696. The van der Waals surface area contributed by atoms with E-state index in [2.05, 4.69) is 133 Å². The SMILES string of the molecule is c1ccc(-c2nc3cc(n2)c2cccc(c2)c2cccc(c2)c2cc(nc(-c4ccccc4)n2)c2cccc(c2)c2cccc3c2)cc1. The van der Waals surface area contributed by atoms with Crippen LogP contribution in [0.3, 0.4) is 0 Å². The van der Waals surface area contributed by atoms with Gasteiger partial charge in [0.2, 0.25) is 0 Å². The molecule has 0 radical (unpaired) electrons. The van der Waals surface area contributed by atoms with E-state index in [4.69, 9.17) is 19.9 Å². The van der Waals surface area contributed by atoms with E-state index in [0.717, 1.165) is 76.3 Å². The van der Waals surface area contributed by atoms with Crippen LogP contribution >= 0.6 is 0 Å². The fraction of sp³-hybridized carbons (Fsp3) is 0. The molecule has 0 amide bonds. The van der Waals surface area contributed by atoms with E-state index in [1.165, 1.54) is 0 Å². The number of hydrogen-bond acceptors (Lipinski definition) is 4. The summed E-state index contributed by atoms with van der Waals surface area (Å²) in [5.41, 5.74) is 5.45. The van der Waals surface area contributed by atoms with Crippen LogP contribution in [-0.4, -0.2) is 19.9 Å². The highest BCUT2D eigenvalue weighted by Gasteiger charge is 2.07. The molecule has 12 bridgehead atoms. The lowest BCUT2D eigenvalue weighted by Gasteiger charge is -2.05. The summed E-state index contributed by atoms with van der Waals surface area (Å²) in [5.74, 6) is 1.39. The van der Waals surface area contributed by atoms with E-state index in [-0.39, 0.29) is 0 Å². The minimum Gasteiger partial charge on any atom is -0.228 e. The average molecular weight is 613 g/mol. The summed E-state index contributed by atoms with van der Waals surface area (Å²) in [6.07, 6.45) is 0. The van der Waals surface area contributed by atoms with Crippen LogP contribution in [0.2, 0.25) is 0 Å². The number of rotatable bonds is 2. The van der Waals surface area contributed by atoms with Crippen molar-refractivity contribution in [2.24, 2.45) is 0 Å². The summed E-state index contributed by atoms with van der Waals surface area (Å²) >= 11 is 0. The Bertz CT molecular complexity index is 2440. The topological polar surface area (TPSA) is 51.6 Å². The molecule has 4 heteroatoms. The highest BCUT2D eigenvalue weighted by molar-refractivity contribution is 5.99. The molecule has 7 aromatic carbocycles. The Kier molecular flexibility index (Phi) is 6.76. The lowest BCUT2D eigenvalue weighted by atomic mass is 10.1. The van der Waals surface area contributed by atoms with Crippen molar-refractivity contribution in [3.63, 3.8) is 0 Å². The lowest BCUT2D eigenvalue weighted by molar-refractivity contribution is 1.26. The minimum atomic E-state index is 0.696. The van der Waals surface area contributed by atoms with Crippen LogP contribution in [0, 0.1) is 0 Å². The molecule has 0 saturated carbocycles. The van der Waals surface area contributed by atoms with E-state index >= 15 is 0 Å². The molecule has 0 aliphatic rings. The van der Waals surface area contributed by atoms with Gasteiger partial charge < -0.3 is 0 Å². The Hall–Kier alpha value is -6.52. The first-order valence-electron chi connectivity index (χ1n) is 16.1. The summed E-state index contributed by atoms with van der Waals surface area (Å²) in [7, 11) is 0. The van der Waals surface area contributed by atoms with Gasteiger partial charge in [-0.1, -0.05) is 133 Å². The second-order valence-corrected chi connectivity index (χ2v) is 12.0. The number of hydrogen-bond donors (Lipinski definition) is 0. The largest absolute Gasteiger partial charge is 0.228 e. The van der Waals surface area contributed by atoms with Gasteiger partial charge in [0.25, 0.3) is 0 Å². The molecule has 0 fully saturated rings. The molecule has 2 heterocycles. The summed E-state index contributed by atoms with van der Waals surface area (Å²) in [4.78, 5) is 20.4. The molecule has 0 saturated heterocycles. The van der Waals surface area contributed by atoms with Crippen LogP contribution in [0.5, 0.6) is 0 Å². The van der Waals surface area contributed by atoms with E-state index in [1.54, 1.807) is 0 Å². The van der Waals surface area contributed by atoms with Gasteiger partial charge in [0.15, 0.2) is 11.6 Å². The first kappa shape index (κ1) is 27.8. The number of nitrogens with zero attached hydrogens (tertiary/aromatic N) is 4. The third-order valence-electron chi connectivity index (χ3n) is 8.82. The molecule has 0 aliphatic heterocycles. The van der Waals surface area contributed by atoms with Crippen molar-refractivity contribution in [2.75, 3.05) is 0 Å². The Morgan fingerprint density at radius 2 is 0.500 bits per heavy atom. The second-order valence-electron chi connectivity index (χ2n) is 12.0. The average Bonchev–Trinajstić information content (AvgIpc) is 3.18. The van der Waals surface area contributed by atoms with Crippen molar-refractivity contribution in [1.82, 2.24) is 19.9 Å². The molecule has 0 N–H and O–H groups in total. The second kappa shape index (κ2) is 11.7. The summed E-state index contributed by atoms with van der Waals surface area (Å²) in [6, 6.07) is 58.9. The number of fused-ring (bicyclic) bond motifs is 18. The zero-order chi connectivity index (χ0) is 31.9. The zero-order valence-electron chi connectivity index (χ0n) is 26.0. The van der Waals surface area contributed by atoms with E-state index in [1.807, 2.05) is 36.4 Å². The summed E-state index contributed by atoms with van der Waals surface area (Å²) in [5, 5.41) is 8.51. The predicted octanol–water partition coefficient (Wildman–Crippen LogP) is 11.2. The molecule has 0 unspecified atom stereocenters. The van der Waals surface area contributed by atoms with Gasteiger partial charge in [-0.2, -0.15) is 0 Å². The maximum Gasteiger partial charge on any atom is 0.160 e. The van der Waals surface area contributed by atoms with Crippen molar-refractivity contribution in [3.8, 4) is 22.8 Å². The van der Waals surface area contributed by atoms with Crippen LogP contribution < -0.4 is 0 Å². The first-order chi connectivity index (χ1) is 23.7. The van der Waals surface area contributed by atoms with Crippen LogP contribution in [0.1, 0.15) is 0 Å². The van der Waals surface area contributed by atoms with E-state index < -0.39 is 0 Å². The third-order valence-corrected chi connectivity index (χ3v) is 8.82. The van der Waals surface area contributed by atoms with Crippen molar-refractivity contribution in [2.45, 2.75) is 0 Å². The standard InChI is InChI=1S/C44H28N4/c1-3-11-29(12-4-1)43-45-39-27-40(46-43)36-20-8-16-32(24-36)34-18-10-22-38(26-34)42-28-41(47-44(48-42)30-13-5-2-6-14-30)37-21-9-17-33(25-37)31-15-7-19-35(39)23-31/h1-28H. The zero-order valence-corrected chi connectivity index (χ0v) is 26.0. The van der Waals surface area contributed by atoms with Crippen molar-refractivity contribution >= 4 is 65.2 Å². The van der Waals surface area contributed by atoms with Crippen molar-refractivity contribution in [1.29, 1.82) is 0 Å². The normalized spacial score (nSPS) is 11.3. The Morgan fingerprint density at radius 1 is 0.229 bits per heavy atom. The van der Waals surface area contributed by atoms with Gasteiger partial charge in [-0.25, -0.2) is 19.9 Å². The highest BCUT2D eigenvalue weighted by atomic mass is 14.9. The van der Waals surface area contributed by atoms with Crippen molar-refractivity contribution in [3.05, 3.63) is 170 Å². The van der Waals surface area contributed by atoms with Crippen molar-refractivity contribution < 1.29 is 0 Å². The van der Waals surface area contributed by atoms with Crippen LogP contribution in [0.25, 0.3) is 87.9 Å². The predicted molar refractivity (Wildman–Crippen MR) is 200 cm³/mol. The van der Waals surface area contributed by atoms with Crippen LogP contribution in [0.4, 0.5) is 0 Å². The van der Waals surface area contributed by atoms with Gasteiger partial charge in [-0.15, -0.1) is 0 Å². The van der Waals surface area contributed by atoms with Gasteiger partial charge in [0, 0.05) is 32.7 Å². The fourth-order valence-corrected chi connectivity index (χ4v) is 6.35. The smallest absolute Gasteiger partial charge is 0.160 e. The van der Waals surface area contributed by atoms with Gasteiger partial charge in [-0.05, 0) is 57.9 Å². The summed E-state index contributed by atoms with van der Waals surface area (Å²) < 4.78 is 0. The van der Waals surface area contributed by atoms with Gasteiger partial charge >= 0.3 is 0 Å². The Balaban J connectivity index is 1.47. The monoisotopic (exact) mass is 612 g/mol. The molecule has 0 aliphatic carbocycles. The molecule has 4 nitrogen and oxygen atoms in total. The van der Waals surface area contributed by atoms with Gasteiger partial charge in [-0.3, -0.25) is 0 Å². The maximum atomic E-state index is 5.10. The molecule has 0 atom stereocenters. The van der Waals surface area contributed by atoms with Gasteiger partial charge in [0.05, 0.1) is 22.1 Å². The molecule has 224 valence electrons. The fourth-order valence-electron chi connectivity index (χ4n) is 6.35. The summed E-state index contributed by atoms with van der Waals surface area (Å²) in [6.45, 7) is 0. The Labute approximate surface area is 277 Å². The Morgan fingerprint density at radius 3 is 0.792 bits per heavy atom. The lowest BCUT2D eigenvalue weighted by Crippen LogP contribution is -1.91. The maximum absolute atomic E-state index is 5.10. The van der Waals surface area contributed by atoms with E-state index in [9.17, 15) is 0 Å². The molecule has 48 heavy (non-hydrogen) atoms. The molecular formula is C44H28N4. The molecule has 0 spiro atoms. The molecule has 9 aromatic rings. The van der Waals surface area contributed by atoms with E-state index in [0.29, 0.717) is 11.6 Å². The quantitative estimate of drug-likeness (QED) is 0.195. The van der Waals surface area contributed by atoms with Crippen LogP contribution in [-0.2, 0) is 0 Å². The number of benzene rings is 6. The van der Waals surface area contributed by atoms with Gasteiger partial charge in [0.1, 0.15) is 0 Å².